The van der Waals surface area contributed by atoms with Crippen molar-refractivity contribution in [2.45, 2.75) is 13.2 Å². The first kappa shape index (κ1) is 21.7. The van der Waals surface area contributed by atoms with Crippen LogP contribution in [-0.4, -0.2) is 43.1 Å². The van der Waals surface area contributed by atoms with Gasteiger partial charge in [0.05, 0.1) is 19.3 Å². The molecule has 0 fully saturated rings. The highest BCUT2D eigenvalue weighted by atomic mass is 32.1. The molecule has 158 valence electrons. The SMILES string of the molecule is COc1ccc(-c2csc(NC(=O)CN(C)Cc3ccc(OC(F)F)cc3)n2)cc1. The van der Waals surface area contributed by atoms with Crippen LogP contribution in [0.15, 0.2) is 53.9 Å². The Balaban J connectivity index is 1.50. The zero-order valence-electron chi connectivity index (χ0n) is 16.5. The summed E-state index contributed by atoms with van der Waals surface area (Å²) in [6, 6.07) is 13.9. The average molecular weight is 433 g/mol. The van der Waals surface area contributed by atoms with Crippen molar-refractivity contribution in [2.75, 3.05) is 26.0 Å². The quantitative estimate of drug-likeness (QED) is 0.539. The van der Waals surface area contributed by atoms with E-state index in [2.05, 4.69) is 15.0 Å². The number of rotatable bonds is 9. The molecule has 0 radical (unpaired) electrons. The first-order valence-electron chi connectivity index (χ1n) is 9.05. The third-order valence-electron chi connectivity index (χ3n) is 4.15. The fraction of sp³-hybridized carbons (Fsp3) is 0.238. The van der Waals surface area contributed by atoms with Gasteiger partial charge in [-0.3, -0.25) is 9.69 Å². The number of halogens is 2. The number of alkyl halides is 2. The number of carbonyl (C=O) groups excluding carboxylic acids is 1. The number of carbonyl (C=O) groups is 1. The normalized spacial score (nSPS) is 11.0. The van der Waals surface area contributed by atoms with Gasteiger partial charge in [0.25, 0.3) is 0 Å². The van der Waals surface area contributed by atoms with Crippen LogP contribution in [0, 0.1) is 0 Å². The molecule has 0 atom stereocenters. The average Bonchev–Trinajstić information content (AvgIpc) is 3.17. The van der Waals surface area contributed by atoms with Gasteiger partial charge in [-0.25, -0.2) is 4.98 Å². The van der Waals surface area contributed by atoms with Gasteiger partial charge in [-0.2, -0.15) is 8.78 Å². The Morgan fingerprint density at radius 2 is 1.80 bits per heavy atom. The third kappa shape index (κ3) is 6.23. The molecule has 3 rings (SSSR count). The van der Waals surface area contributed by atoms with E-state index in [1.165, 1.54) is 23.5 Å². The summed E-state index contributed by atoms with van der Waals surface area (Å²) in [5.74, 6) is 0.679. The molecule has 1 aromatic heterocycles. The van der Waals surface area contributed by atoms with E-state index >= 15 is 0 Å². The second kappa shape index (κ2) is 10.1. The molecule has 1 amide bonds. The van der Waals surface area contributed by atoms with Crippen LogP contribution in [0.1, 0.15) is 5.56 Å². The van der Waals surface area contributed by atoms with Crippen LogP contribution in [0.2, 0.25) is 0 Å². The zero-order chi connectivity index (χ0) is 21.5. The molecule has 0 aliphatic rings. The first-order chi connectivity index (χ1) is 14.4. The van der Waals surface area contributed by atoms with E-state index in [9.17, 15) is 13.6 Å². The fourth-order valence-electron chi connectivity index (χ4n) is 2.77. The molecule has 3 aromatic rings. The fourth-order valence-corrected chi connectivity index (χ4v) is 3.51. The molecule has 2 aromatic carbocycles. The van der Waals surface area contributed by atoms with Gasteiger partial charge in [0, 0.05) is 17.5 Å². The molecule has 30 heavy (non-hydrogen) atoms. The summed E-state index contributed by atoms with van der Waals surface area (Å²) >= 11 is 1.35. The van der Waals surface area contributed by atoms with Crippen LogP contribution in [-0.2, 0) is 11.3 Å². The number of anilines is 1. The van der Waals surface area contributed by atoms with E-state index in [1.54, 1.807) is 26.3 Å². The summed E-state index contributed by atoms with van der Waals surface area (Å²) in [6.07, 6.45) is 0. The second-order valence-electron chi connectivity index (χ2n) is 6.51. The Labute approximate surface area is 177 Å². The molecule has 0 bridgehead atoms. The van der Waals surface area contributed by atoms with E-state index in [1.807, 2.05) is 34.5 Å². The topological polar surface area (TPSA) is 63.7 Å². The number of ether oxygens (including phenoxy) is 2. The predicted molar refractivity (Wildman–Crippen MR) is 112 cm³/mol. The van der Waals surface area contributed by atoms with Gasteiger partial charge >= 0.3 is 6.61 Å². The zero-order valence-corrected chi connectivity index (χ0v) is 17.3. The number of nitrogens with one attached hydrogen (secondary N) is 1. The molecule has 0 unspecified atom stereocenters. The van der Waals surface area contributed by atoms with Crippen molar-refractivity contribution >= 4 is 22.4 Å². The van der Waals surface area contributed by atoms with Crippen LogP contribution in [0.3, 0.4) is 0 Å². The van der Waals surface area contributed by atoms with Crippen molar-refractivity contribution in [2.24, 2.45) is 0 Å². The van der Waals surface area contributed by atoms with Crippen LogP contribution in [0.25, 0.3) is 11.3 Å². The van der Waals surface area contributed by atoms with Gasteiger partial charge < -0.3 is 14.8 Å². The number of amides is 1. The molecule has 6 nitrogen and oxygen atoms in total. The smallest absolute Gasteiger partial charge is 0.387 e. The monoisotopic (exact) mass is 433 g/mol. The Hall–Kier alpha value is -3.04. The summed E-state index contributed by atoms with van der Waals surface area (Å²) < 4.78 is 33.9. The maximum absolute atomic E-state index is 12.3. The molecule has 0 saturated carbocycles. The minimum atomic E-state index is -2.85. The Morgan fingerprint density at radius 3 is 2.43 bits per heavy atom. The number of hydrogen-bond acceptors (Lipinski definition) is 6. The molecule has 0 saturated heterocycles. The lowest BCUT2D eigenvalue weighted by Gasteiger charge is -2.16. The van der Waals surface area contributed by atoms with E-state index in [-0.39, 0.29) is 18.2 Å². The number of likely N-dealkylation sites (N-methyl/N-ethyl adjacent to an activating group) is 1. The molecule has 0 spiro atoms. The van der Waals surface area contributed by atoms with Gasteiger partial charge in [0.2, 0.25) is 5.91 Å². The molecule has 0 aliphatic carbocycles. The molecular weight excluding hydrogens is 412 g/mol. The minimum absolute atomic E-state index is 0.102. The highest BCUT2D eigenvalue weighted by Gasteiger charge is 2.11. The van der Waals surface area contributed by atoms with Crippen molar-refractivity contribution in [3.63, 3.8) is 0 Å². The maximum Gasteiger partial charge on any atom is 0.387 e. The van der Waals surface area contributed by atoms with Crippen LogP contribution in [0.4, 0.5) is 13.9 Å². The van der Waals surface area contributed by atoms with Crippen molar-refractivity contribution in [3.8, 4) is 22.8 Å². The van der Waals surface area contributed by atoms with Gasteiger partial charge in [0.15, 0.2) is 5.13 Å². The maximum atomic E-state index is 12.3. The molecule has 1 heterocycles. The van der Waals surface area contributed by atoms with E-state index < -0.39 is 6.61 Å². The Morgan fingerprint density at radius 1 is 1.13 bits per heavy atom. The highest BCUT2D eigenvalue weighted by Crippen LogP contribution is 2.26. The standard InChI is InChI=1S/C21H21F2N3O3S/c1-26(11-14-3-7-17(8-4-14)29-20(22)23)12-19(27)25-21-24-18(13-30-21)15-5-9-16(28-2)10-6-15/h3-10,13,20H,11-12H2,1-2H3,(H,24,25,27). The lowest BCUT2D eigenvalue weighted by Crippen LogP contribution is -2.29. The number of aromatic nitrogens is 1. The first-order valence-corrected chi connectivity index (χ1v) is 9.93. The second-order valence-corrected chi connectivity index (χ2v) is 7.37. The van der Waals surface area contributed by atoms with Crippen molar-refractivity contribution < 1.29 is 23.0 Å². The van der Waals surface area contributed by atoms with Crippen molar-refractivity contribution in [3.05, 3.63) is 59.5 Å². The largest absolute Gasteiger partial charge is 0.497 e. The molecule has 0 aliphatic heterocycles. The summed E-state index contributed by atoms with van der Waals surface area (Å²) in [4.78, 5) is 18.6. The van der Waals surface area contributed by atoms with Gasteiger partial charge in [-0.1, -0.05) is 12.1 Å². The van der Waals surface area contributed by atoms with Gasteiger partial charge in [0.1, 0.15) is 11.5 Å². The van der Waals surface area contributed by atoms with Gasteiger partial charge in [-0.15, -0.1) is 11.3 Å². The number of hydrogen-bond donors (Lipinski definition) is 1. The minimum Gasteiger partial charge on any atom is -0.497 e. The van der Waals surface area contributed by atoms with Crippen molar-refractivity contribution in [1.29, 1.82) is 0 Å². The van der Waals surface area contributed by atoms with Crippen LogP contribution in [0.5, 0.6) is 11.5 Å². The third-order valence-corrected chi connectivity index (χ3v) is 4.91. The molecule has 1 N–H and O–H groups in total. The van der Waals surface area contributed by atoms with E-state index in [4.69, 9.17) is 4.74 Å². The predicted octanol–water partition coefficient (Wildman–Crippen LogP) is 4.49. The van der Waals surface area contributed by atoms with Crippen molar-refractivity contribution in [1.82, 2.24) is 9.88 Å². The Bertz CT molecular complexity index is 962. The van der Waals surface area contributed by atoms with E-state index in [0.717, 1.165) is 22.6 Å². The van der Waals surface area contributed by atoms with E-state index in [0.29, 0.717) is 11.7 Å². The number of thiazole rings is 1. The summed E-state index contributed by atoms with van der Waals surface area (Å²) in [7, 11) is 3.41. The van der Waals surface area contributed by atoms with Gasteiger partial charge in [-0.05, 0) is 49.0 Å². The number of nitrogens with zero attached hydrogens (tertiary/aromatic N) is 2. The lowest BCUT2D eigenvalue weighted by atomic mass is 10.2. The number of benzene rings is 2. The lowest BCUT2D eigenvalue weighted by molar-refractivity contribution is -0.117. The molecular formula is C21H21F2N3O3S. The Kier molecular flexibility index (Phi) is 7.31. The highest BCUT2D eigenvalue weighted by molar-refractivity contribution is 7.14. The van der Waals surface area contributed by atoms with Crippen LogP contribution >= 0.6 is 11.3 Å². The van der Waals surface area contributed by atoms with Crippen LogP contribution < -0.4 is 14.8 Å². The number of methoxy groups -OCH3 is 1. The summed E-state index contributed by atoms with van der Waals surface area (Å²) in [5.41, 5.74) is 2.59. The molecule has 9 heteroatoms. The summed E-state index contributed by atoms with van der Waals surface area (Å²) in [6.45, 7) is -2.21. The summed E-state index contributed by atoms with van der Waals surface area (Å²) in [5, 5.41) is 5.20.